The minimum atomic E-state index is -0.870. The monoisotopic (exact) mass is 418 g/mol. The van der Waals surface area contributed by atoms with Crippen molar-refractivity contribution in [2.45, 2.75) is 25.4 Å². The summed E-state index contributed by atoms with van der Waals surface area (Å²) in [5, 5.41) is 6.61. The average Bonchev–Trinajstić information content (AvgIpc) is 3.48. The molecule has 4 aromatic rings. The van der Waals surface area contributed by atoms with Gasteiger partial charge in [-0.05, 0) is 42.2 Å². The molecule has 0 spiro atoms. The number of amides is 1. The Bertz CT molecular complexity index is 1270. The first-order valence-corrected chi connectivity index (χ1v) is 10.1. The molecule has 156 valence electrons. The molecule has 0 bridgehead atoms. The molecular weight excluding hydrogens is 398 g/mol. The zero-order chi connectivity index (χ0) is 21.4. The van der Waals surface area contributed by atoms with E-state index in [-0.39, 0.29) is 23.8 Å². The largest absolute Gasteiger partial charge is 0.379 e. The molecule has 7 heteroatoms. The number of fused-ring (bicyclic) bond motifs is 1. The second-order valence-corrected chi connectivity index (χ2v) is 7.74. The zero-order valence-corrected chi connectivity index (χ0v) is 16.6. The number of hydrogen-bond acceptors (Lipinski definition) is 3. The van der Waals surface area contributed by atoms with Crippen LogP contribution < -0.4 is 10.6 Å². The summed E-state index contributed by atoms with van der Waals surface area (Å²) < 4.78 is 28.4. The number of carbonyl (C=O) groups excluding carboxylic acids is 1. The molecule has 1 saturated carbocycles. The summed E-state index contributed by atoms with van der Waals surface area (Å²) in [5.41, 5.74) is 3.52. The topological polar surface area (TPSA) is 69.8 Å². The lowest BCUT2D eigenvalue weighted by atomic mass is 10.1. The van der Waals surface area contributed by atoms with Gasteiger partial charge in [-0.15, -0.1) is 0 Å². The van der Waals surface area contributed by atoms with Crippen LogP contribution in [0.4, 0.5) is 14.5 Å². The molecule has 0 aliphatic heterocycles. The van der Waals surface area contributed by atoms with E-state index in [0.717, 1.165) is 46.8 Å². The maximum Gasteiger partial charge on any atom is 0.254 e. The van der Waals surface area contributed by atoms with Gasteiger partial charge in [0.1, 0.15) is 17.3 Å². The zero-order valence-electron chi connectivity index (χ0n) is 16.6. The smallest absolute Gasteiger partial charge is 0.254 e. The molecule has 5 nitrogen and oxygen atoms in total. The minimum absolute atomic E-state index is 0.0708. The van der Waals surface area contributed by atoms with Gasteiger partial charge in [0.25, 0.3) is 5.91 Å². The molecule has 0 atom stereocenters. The number of benzene rings is 2. The molecule has 1 aliphatic rings. The molecule has 1 amide bonds. The first-order chi connectivity index (χ1) is 15.1. The van der Waals surface area contributed by atoms with Crippen molar-refractivity contribution >= 4 is 22.6 Å². The van der Waals surface area contributed by atoms with Crippen LogP contribution in [-0.2, 0) is 6.54 Å². The fourth-order valence-corrected chi connectivity index (χ4v) is 3.48. The summed E-state index contributed by atoms with van der Waals surface area (Å²) in [7, 11) is 0. The van der Waals surface area contributed by atoms with E-state index in [9.17, 15) is 13.6 Å². The van der Waals surface area contributed by atoms with Crippen LogP contribution in [0.25, 0.3) is 22.3 Å². The van der Waals surface area contributed by atoms with Crippen molar-refractivity contribution in [3.8, 4) is 11.3 Å². The van der Waals surface area contributed by atoms with Gasteiger partial charge in [-0.3, -0.25) is 4.79 Å². The van der Waals surface area contributed by atoms with Crippen LogP contribution in [0.15, 0.2) is 60.8 Å². The molecule has 2 heterocycles. The number of anilines is 1. The van der Waals surface area contributed by atoms with Crippen molar-refractivity contribution in [3.05, 3.63) is 83.6 Å². The van der Waals surface area contributed by atoms with Crippen molar-refractivity contribution in [2.24, 2.45) is 0 Å². The second kappa shape index (κ2) is 7.83. The quantitative estimate of drug-likeness (QED) is 0.412. The van der Waals surface area contributed by atoms with E-state index in [1.807, 2.05) is 42.5 Å². The summed E-state index contributed by atoms with van der Waals surface area (Å²) in [6.07, 6.45) is 3.48. The lowest BCUT2D eigenvalue weighted by molar-refractivity contribution is 0.0947. The number of nitrogens with zero attached hydrogens (tertiary/aromatic N) is 1. The Hall–Kier alpha value is -3.74. The molecule has 0 saturated heterocycles. The van der Waals surface area contributed by atoms with Crippen molar-refractivity contribution in [1.29, 1.82) is 0 Å². The van der Waals surface area contributed by atoms with Crippen LogP contribution in [0.2, 0.25) is 0 Å². The number of halogens is 2. The number of aromatic nitrogens is 2. The molecule has 31 heavy (non-hydrogen) atoms. The summed E-state index contributed by atoms with van der Waals surface area (Å²) in [6.45, 7) is 0.279. The molecule has 1 fully saturated rings. The molecule has 0 radical (unpaired) electrons. The molecule has 1 aliphatic carbocycles. The highest BCUT2D eigenvalue weighted by molar-refractivity contribution is 5.95. The average molecular weight is 418 g/mol. The fourth-order valence-electron chi connectivity index (χ4n) is 3.48. The van der Waals surface area contributed by atoms with E-state index in [1.54, 1.807) is 6.20 Å². The first-order valence-electron chi connectivity index (χ1n) is 10.1. The van der Waals surface area contributed by atoms with Crippen LogP contribution in [0.3, 0.4) is 0 Å². The predicted molar refractivity (Wildman–Crippen MR) is 116 cm³/mol. The van der Waals surface area contributed by atoms with E-state index in [2.05, 4.69) is 20.6 Å². The Labute approximate surface area is 177 Å². The van der Waals surface area contributed by atoms with Crippen LogP contribution >= 0.6 is 0 Å². The highest BCUT2D eigenvalue weighted by Gasteiger charge is 2.25. The summed E-state index contributed by atoms with van der Waals surface area (Å²) in [5.74, 6) is -2.14. The number of hydrogen-bond donors (Lipinski definition) is 3. The van der Waals surface area contributed by atoms with Gasteiger partial charge in [0, 0.05) is 35.9 Å². The van der Waals surface area contributed by atoms with Gasteiger partial charge in [-0.2, -0.15) is 0 Å². The summed E-state index contributed by atoms with van der Waals surface area (Å²) in [4.78, 5) is 19.9. The van der Waals surface area contributed by atoms with Gasteiger partial charge in [-0.25, -0.2) is 13.8 Å². The third kappa shape index (κ3) is 4.12. The van der Waals surface area contributed by atoms with Crippen LogP contribution in [0, 0.1) is 11.6 Å². The Balaban J connectivity index is 1.35. The Kier molecular flexibility index (Phi) is 4.86. The Morgan fingerprint density at radius 2 is 1.87 bits per heavy atom. The lowest BCUT2D eigenvalue weighted by Crippen LogP contribution is -2.26. The summed E-state index contributed by atoms with van der Waals surface area (Å²) in [6, 6.07) is 16.0. The van der Waals surface area contributed by atoms with Gasteiger partial charge < -0.3 is 15.6 Å². The third-order valence-corrected chi connectivity index (χ3v) is 5.31. The molecule has 5 rings (SSSR count). The number of nitrogens with one attached hydrogen (secondary N) is 3. The Morgan fingerprint density at radius 1 is 1.06 bits per heavy atom. The van der Waals surface area contributed by atoms with Crippen molar-refractivity contribution in [2.75, 3.05) is 5.32 Å². The first kappa shape index (κ1) is 19.2. The standard InChI is InChI=1S/C24H20F2N4O/c25-19-11-20(26)22(10-18(19)24(31)29-17-6-7-17)27-12-14-8-16-9-21(30-23(16)28-13-14)15-4-2-1-3-5-15/h1-5,8-11,13,17,27H,6-7,12H2,(H,28,30)(H,29,31). The van der Waals surface area contributed by atoms with Gasteiger partial charge in [-0.1, -0.05) is 30.3 Å². The molecule has 0 unspecified atom stereocenters. The Morgan fingerprint density at radius 3 is 2.65 bits per heavy atom. The van der Waals surface area contributed by atoms with Gasteiger partial charge >= 0.3 is 0 Å². The molecule has 2 aromatic carbocycles. The maximum absolute atomic E-state index is 14.3. The molecule has 3 N–H and O–H groups in total. The SMILES string of the molecule is O=C(NC1CC1)c1cc(NCc2cnc3[nH]c(-c4ccccc4)cc3c2)c(F)cc1F. The van der Waals surface area contributed by atoms with Crippen molar-refractivity contribution < 1.29 is 13.6 Å². The van der Waals surface area contributed by atoms with E-state index >= 15 is 0 Å². The van der Waals surface area contributed by atoms with Crippen LogP contribution in [-0.4, -0.2) is 21.9 Å². The molecule has 2 aromatic heterocycles. The van der Waals surface area contributed by atoms with Gasteiger partial charge in [0.05, 0.1) is 11.3 Å². The minimum Gasteiger partial charge on any atom is -0.379 e. The highest BCUT2D eigenvalue weighted by atomic mass is 19.1. The van der Waals surface area contributed by atoms with Crippen LogP contribution in [0.5, 0.6) is 0 Å². The van der Waals surface area contributed by atoms with E-state index in [1.165, 1.54) is 6.07 Å². The predicted octanol–water partition coefficient (Wildman–Crippen LogP) is 5.01. The number of aromatic amines is 1. The summed E-state index contributed by atoms with van der Waals surface area (Å²) >= 11 is 0. The second-order valence-electron chi connectivity index (χ2n) is 7.74. The number of rotatable bonds is 6. The van der Waals surface area contributed by atoms with E-state index in [4.69, 9.17) is 0 Å². The van der Waals surface area contributed by atoms with Crippen molar-refractivity contribution in [1.82, 2.24) is 15.3 Å². The van der Waals surface area contributed by atoms with Gasteiger partial charge in [0.15, 0.2) is 0 Å². The maximum atomic E-state index is 14.3. The lowest BCUT2D eigenvalue weighted by Gasteiger charge is -2.11. The number of carbonyl (C=O) groups is 1. The van der Waals surface area contributed by atoms with Crippen LogP contribution in [0.1, 0.15) is 28.8 Å². The van der Waals surface area contributed by atoms with E-state index < -0.39 is 17.5 Å². The normalized spacial score (nSPS) is 13.4. The van der Waals surface area contributed by atoms with E-state index in [0.29, 0.717) is 0 Å². The fraction of sp³-hybridized carbons (Fsp3) is 0.167. The molecular formula is C24H20F2N4O. The van der Waals surface area contributed by atoms with Gasteiger partial charge in [0.2, 0.25) is 0 Å². The number of pyridine rings is 1. The van der Waals surface area contributed by atoms with Crippen molar-refractivity contribution in [3.63, 3.8) is 0 Å². The number of H-pyrrole nitrogens is 1. The highest BCUT2D eigenvalue weighted by Crippen LogP contribution is 2.25. The third-order valence-electron chi connectivity index (χ3n) is 5.31.